The fourth-order valence-electron chi connectivity index (χ4n) is 0.477. The van der Waals surface area contributed by atoms with E-state index in [0.29, 0.717) is 0 Å². The molecule has 0 bridgehead atoms. The zero-order valence-electron chi connectivity index (χ0n) is 6.29. The van der Waals surface area contributed by atoms with Gasteiger partial charge in [0.2, 0.25) is 0 Å². The molecule has 0 aromatic carbocycles. The molecule has 2 heterocycles. The molecule has 3 radical (unpaired) electrons. The van der Waals surface area contributed by atoms with Gasteiger partial charge >= 0.3 is 23.1 Å². The summed E-state index contributed by atoms with van der Waals surface area (Å²) in [5.41, 5.74) is 0. The molecule has 7 heteroatoms. The van der Waals surface area contributed by atoms with Crippen LogP contribution in [0.25, 0.3) is 0 Å². The topological polar surface area (TPSA) is 40.6 Å². The molecular weight excluding hydrogens is 154 g/mol. The molecule has 12 heavy (non-hydrogen) atoms. The lowest BCUT2D eigenvalue weighted by atomic mass is 10.1. The van der Waals surface area contributed by atoms with E-state index in [2.05, 4.69) is 18.7 Å². The van der Waals surface area contributed by atoms with Crippen LogP contribution >= 0.6 is 0 Å². The van der Waals surface area contributed by atoms with Crippen molar-refractivity contribution >= 4 is 23.1 Å². The minimum Gasteiger partial charge on any atom is -0.457 e. The van der Waals surface area contributed by atoms with Crippen molar-refractivity contribution in [1.82, 2.24) is 4.98 Å². The van der Waals surface area contributed by atoms with E-state index in [0.717, 1.165) is 23.1 Å². The Bertz CT molecular complexity index is 146. The number of hydrogen-bond acceptors (Lipinski definition) is 4. The third-order valence-corrected chi connectivity index (χ3v) is 0.900. The lowest BCUT2D eigenvalue weighted by Gasteiger charge is -2.05. The molecule has 0 spiro atoms. The second kappa shape index (κ2) is 6.91. The third-order valence-electron chi connectivity index (χ3n) is 0.900. The van der Waals surface area contributed by atoms with Crippen LogP contribution < -0.4 is 0 Å². The fourth-order valence-corrected chi connectivity index (χ4v) is 0.477. The highest BCUT2D eigenvalue weighted by atomic mass is 16.7. The molecule has 0 N–H and O–H groups in total. The molecule has 0 aliphatic carbocycles. The Morgan fingerprint density at radius 3 is 1.42 bits per heavy atom. The summed E-state index contributed by atoms with van der Waals surface area (Å²) in [6.07, 6.45) is 3.50. The molecule has 1 aliphatic rings. The maximum Gasteiger partial charge on any atom is 0.457 e. The van der Waals surface area contributed by atoms with Gasteiger partial charge in [-0.15, -0.1) is 0 Å². The quantitative estimate of drug-likeness (QED) is 0.489. The first-order valence-electron chi connectivity index (χ1n) is 3.26. The van der Waals surface area contributed by atoms with E-state index < -0.39 is 0 Å². The zero-order valence-corrected chi connectivity index (χ0v) is 6.29. The first-order chi connectivity index (χ1) is 6.00. The first kappa shape index (κ1) is 9.31. The van der Waals surface area contributed by atoms with E-state index in [4.69, 9.17) is 0 Å². The van der Waals surface area contributed by atoms with Gasteiger partial charge < -0.3 is 13.7 Å². The second-order valence-corrected chi connectivity index (χ2v) is 1.72. The summed E-state index contributed by atoms with van der Waals surface area (Å²) in [5, 5.41) is 0. The van der Waals surface area contributed by atoms with Gasteiger partial charge in [0.15, 0.2) is 0 Å². The van der Waals surface area contributed by atoms with Crippen molar-refractivity contribution in [2.75, 3.05) is 0 Å². The van der Waals surface area contributed by atoms with Crippen LogP contribution in [0.5, 0.6) is 0 Å². The van der Waals surface area contributed by atoms with Gasteiger partial charge in [0.1, 0.15) is 0 Å². The monoisotopic (exact) mass is 160 g/mol. The Morgan fingerprint density at radius 2 is 1.25 bits per heavy atom. The highest BCUT2D eigenvalue weighted by molar-refractivity contribution is 6.50. The van der Waals surface area contributed by atoms with Crippen LogP contribution in [0.2, 0.25) is 0 Å². The van der Waals surface area contributed by atoms with E-state index in [1.807, 2.05) is 18.2 Å². The summed E-state index contributed by atoms with van der Waals surface area (Å²) in [7, 11) is 3.47. The molecule has 0 atom stereocenters. The Labute approximate surface area is 73.2 Å². The first-order valence-corrected chi connectivity index (χ1v) is 3.26. The zero-order chi connectivity index (χ0) is 8.49. The standard InChI is InChI=1S/C5H5N.B3O3/c1-2-4-6-5-3-1;1-4-2-6-3-5-1/h1-5H;. The Balaban J connectivity index is 0.000000120. The third kappa shape index (κ3) is 4.95. The summed E-state index contributed by atoms with van der Waals surface area (Å²) in [5.74, 6) is 0. The summed E-state index contributed by atoms with van der Waals surface area (Å²) in [4.78, 5) is 3.78. The average Bonchev–Trinajstić information content (AvgIpc) is 2.24. The van der Waals surface area contributed by atoms with Crippen LogP contribution in [0.1, 0.15) is 0 Å². The SMILES string of the molecule is [B]1O[B]O[B]O1.c1ccncc1. The van der Waals surface area contributed by atoms with Crippen molar-refractivity contribution < 1.29 is 13.7 Å². The smallest absolute Gasteiger partial charge is 0.457 e. The molecule has 0 saturated carbocycles. The van der Waals surface area contributed by atoms with Gasteiger partial charge in [0.25, 0.3) is 0 Å². The van der Waals surface area contributed by atoms with Crippen LogP contribution in [0, 0.1) is 0 Å². The number of aromatic nitrogens is 1. The summed E-state index contributed by atoms with van der Waals surface area (Å²) in [6.45, 7) is 0. The van der Waals surface area contributed by atoms with E-state index in [1.165, 1.54) is 0 Å². The molecule has 0 unspecified atom stereocenters. The van der Waals surface area contributed by atoms with Gasteiger partial charge in [0.05, 0.1) is 0 Å². The maximum atomic E-state index is 4.34. The fraction of sp³-hybridized carbons (Fsp3) is 0. The van der Waals surface area contributed by atoms with Gasteiger partial charge in [0, 0.05) is 12.4 Å². The van der Waals surface area contributed by atoms with Crippen molar-refractivity contribution in [2.24, 2.45) is 0 Å². The van der Waals surface area contributed by atoms with Crippen molar-refractivity contribution in [3.8, 4) is 0 Å². The number of pyridine rings is 1. The highest BCUT2D eigenvalue weighted by Gasteiger charge is 2.05. The lowest BCUT2D eigenvalue weighted by Crippen LogP contribution is -2.23. The molecule has 1 saturated heterocycles. The van der Waals surface area contributed by atoms with Crippen LogP contribution in [-0.2, 0) is 13.7 Å². The van der Waals surface area contributed by atoms with Crippen molar-refractivity contribution in [3.05, 3.63) is 30.6 Å². The second-order valence-electron chi connectivity index (χ2n) is 1.72. The Kier molecular flexibility index (Phi) is 5.36. The van der Waals surface area contributed by atoms with E-state index >= 15 is 0 Å². The Morgan fingerprint density at radius 1 is 0.750 bits per heavy atom. The van der Waals surface area contributed by atoms with Crippen molar-refractivity contribution in [2.45, 2.75) is 0 Å². The minimum atomic E-state index is 1.16. The lowest BCUT2D eigenvalue weighted by molar-refractivity contribution is 0.347. The van der Waals surface area contributed by atoms with E-state index in [-0.39, 0.29) is 0 Å². The largest absolute Gasteiger partial charge is 0.457 e. The number of hydrogen-bond donors (Lipinski definition) is 0. The number of nitrogens with zero attached hydrogens (tertiary/aromatic N) is 1. The van der Waals surface area contributed by atoms with E-state index in [1.54, 1.807) is 12.4 Å². The van der Waals surface area contributed by atoms with Gasteiger partial charge in [-0.05, 0) is 12.1 Å². The normalized spacial score (nSPS) is 14.0. The molecule has 1 fully saturated rings. The molecule has 4 nitrogen and oxygen atoms in total. The number of rotatable bonds is 0. The molecule has 1 aliphatic heterocycles. The average molecular weight is 160 g/mol. The van der Waals surface area contributed by atoms with Gasteiger partial charge in [-0.2, -0.15) is 0 Å². The Hall–Kier alpha value is -0.775. The van der Waals surface area contributed by atoms with Crippen LogP contribution in [0.15, 0.2) is 30.6 Å². The van der Waals surface area contributed by atoms with Gasteiger partial charge in [-0.1, -0.05) is 6.07 Å². The van der Waals surface area contributed by atoms with Crippen LogP contribution in [0.4, 0.5) is 0 Å². The summed E-state index contributed by atoms with van der Waals surface area (Å²) in [6, 6.07) is 5.72. The predicted molar refractivity (Wildman–Crippen MR) is 44.8 cm³/mol. The summed E-state index contributed by atoms with van der Waals surface area (Å²) < 4.78 is 13.0. The van der Waals surface area contributed by atoms with Crippen LogP contribution in [-0.4, -0.2) is 28.0 Å². The maximum absolute atomic E-state index is 4.34. The van der Waals surface area contributed by atoms with E-state index in [9.17, 15) is 0 Å². The minimum absolute atomic E-state index is 1.16. The van der Waals surface area contributed by atoms with Gasteiger partial charge in [-0.25, -0.2) is 0 Å². The molecule has 0 amide bonds. The molecule has 57 valence electrons. The van der Waals surface area contributed by atoms with Gasteiger partial charge in [-0.3, -0.25) is 4.98 Å². The molecule has 2 rings (SSSR count). The molecular formula is C5H5B3NO3. The highest BCUT2D eigenvalue weighted by Crippen LogP contribution is 1.79. The molecule has 1 aromatic rings. The predicted octanol–water partition coefficient (Wildman–Crippen LogP) is -0.266. The van der Waals surface area contributed by atoms with Crippen molar-refractivity contribution in [3.63, 3.8) is 0 Å². The molecule has 1 aromatic heterocycles. The summed E-state index contributed by atoms with van der Waals surface area (Å²) >= 11 is 0. The van der Waals surface area contributed by atoms with Crippen LogP contribution in [0.3, 0.4) is 0 Å². The van der Waals surface area contributed by atoms with Crippen molar-refractivity contribution in [1.29, 1.82) is 0 Å².